The zero-order valence-electron chi connectivity index (χ0n) is 17.0. The SMILES string of the molecule is CCC1COC(CCc2ccc(-c3cc(F)c(OC(F)(F)C(F)F)c(F)c3)c(F)c2)OC1. The smallest absolute Gasteiger partial charge is 0.422 e. The van der Waals surface area contributed by atoms with Crippen molar-refractivity contribution in [3.63, 3.8) is 0 Å². The molecule has 0 spiro atoms. The van der Waals surface area contributed by atoms with Crippen LogP contribution in [0.5, 0.6) is 5.75 Å². The van der Waals surface area contributed by atoms with Crippen molar-refractivity contribution in [3.05, 3.63) is 53.3 Å². The Hall–Kier alpha value is -2.33. The molecule has 1 aliphatic heterocycles. The number of ether oxygens (including phenoxy) is 3. The van der Waals surface area contributed by atoms with E-state index in [4.69, 9.17) is 9.47 Å². The summed E-state index contributed by atoms with van der Waals surface area (Å²) in [7, 11) is 0. The highest BCUT2D eigenvalue weighted by atomic mass is 19.3. The third-order valence-corrected chi connectivity index (χ3v) is 5.12. The van der Waals surface area contributed by atoms with Crippen LogP contribution in [0.4, 0.5) is 30.7 Å². The van der Waals surface area contributed by atoms with Gasteiger partial charge in [-0.15, -0.1) is 0 Å². The summed E-state index contributed by atoms with van der Waals surface area (Å²) >= 11 is 0. The standard InChI is InChI=1S/C22H21F7O3/c1-2-12-10-30-19(31-11-12)6-4-13-3-5-15(16(23)7-13)14-8-17(24)20(18(25)9-14)32-22(28,29)21(26)27/h3,5,7-9,12,19,21H,2,4,6,10-11H2,1H3. The van der Waals surface area contributed by atoms with Gasteiger partial charge < -0.3 is 14.2 Å². The minimum atomic E-state index is -5.08. The molecular weight excluding hydrogens is 445 g/mol. The van der Waals surface area contributed by atoms with E-state index in [0.717, 1.165) is 6.42 Å². The lowest BCUT2D eigenvalue weighted by molar-refractivity contribution is -0.255. The van der Waals surface area contributed by atoms with Crippen molar-refractivity contribution in [1.29, 1.82) is 0 Å². The molecule has 176 valence electrons. The zero-order chi connectivity index (χ0) is 23.5. The summed E-state index contributed by atoms with van der Waals surface area (Å²) in [5, 5.41) is 0. The van der Waals surface area contributed by atoms with E-state index in [1.54, 1.807) is 6.07 Å². The second-order valence-corrected chi connectivity index (χ2v) is 7.46. The van der Waals surface area contributed by atoms with Crippen LogP contribution in [0.3, 0.4) is 0 Å². The van der Waals surface area contributed by atoms with E-state index < -0.39 is 42.0 Å². The highest BCUT2D eigenvalue weighted by Gasteiger charge is 2.45. The summed E-state index contributed by atoms with van der Waals surface area (Å²) in [6.45, 7) is 3.22. The molecule has 2 aromatic rings. The van der Waals surface area contributed by atoms with Crippen molar-refractivity contribution >= 4 is 0 Å². The average molecular weight is 466 g/mol. The monoisotopic (exact) mass is 466 g/mol. The van der Waals surface area contributed by atoms with Crippen molar-refractivity contribution < 1.29 is 44.9 Å². The van der Waals surface area contributed by atoms with E-state index in [1.807, 2.05) is 6.92 Å². The number of halogens is 7. The largest absolute Gasteiger partial charge is 0.461 e. The van der Waals surface area contributed by atoms with Gasteiger partial charge in [0, 0.05) is 17.9 Å². The molecule has 0 aromatic heterocycles. The van der Waals surface area contributed by atoms with Crippen LogP contribution in [0.15, 0.2) is 30.3 Å². The van der Waals surface area contributed by atoms with Gasteiger partial charge in [0.2, 0.25) is 0 Å². The molecule has 1 saturated heterocycles. The van der Waals surface area contributed by atoms with Crippen molar-refractivity contribution in [2.24, 2.45) is 5.92 Å². The summed E-state index contributed by atoms with van der Waals surface area (Å²) < 4.78 is 108. The molecule has 32 heavy (non-hydrogen) atoms. The van der Waals surface area contributed by atoms with Crippen LogP contribution in [-0.2, 0) is 15.9 Å². The second-order valence-electron chi connectivity index (χ2n) is 7.46. The fourth-order valence-electron chi connectivity index (χ4n) is 3.21. The number of hydrogen-bond donors (Lipinski definition) is 0. The Labute approximate surface area is 180 Å². The maximum absolute atomic E-state index is 14.6. The number of hydrogen-bond acceptors (Lipinski definition) is 3. The van der Waals surface area contributed by atoms with Crippen LogP contribution < -0.4 is 4.74 Å². The van der Waals surface area contributed by atoms with Crippen molar-refractivity contribution in [1.82, 2.24) is 0 Å². The Morgan fingerprint density at radius 3 is 2.16 bits per heavy atom. The molecule has 2 aromatic carbocycles. The molecule has 1 aliphatic rings. The Morgan fingerprint density at radius 1 is 1.00 bits per heavy atom. The van der Waals surface area contributed by atoms with E-state index in [2.05, 4.69) is 4.74 Å². The van der Waals surface area contributed by atoms with Crippen LogP contribution in [0.25, 0.3) is 11.1 Å². The molecular formula is C22H21F7O3. The Morgan fingerprint density at radius 2 is 1.62 bits per heavy atom. The van der Waals surface area contributed by atoms with Crippen LogP contribution >= 0.6 is 0 Å². The van der Waals surface area contributed by atoms with Gasteiger partial charge >= 0.3 is 12.5 Å². The van der Waals surface area contributed by atoms with Crippen molar-refractivity contribution in [2.75, 3.05) is 13.2 Å². The predicted octanol–water partition coefficient (Wildman–Crippen LogP) is 6.34. The average Bonchev–Trinajstić information content (AvgIpc) is 2.75. The minimum absolute atomic E-state index is 0.199. The lowest BCUT2D eigenvalue weighted by Crippen LogP contribution is -2.34. The first kappa shape index (κ1) is 24.3. The lowest BCUT2D eigenvalue weighted by atomic mass is 10.0. The molecule has 0 bridgehead atoms. The Bertz CT molecular complexity index is 905. The lowest BCUT2D eigenvalue weighted by Gasteiger charge is -2.28. The number of benzene rings is 2. The maximum Gasteiger partial charge on any atom is 0.461 e. The van der Waals surface area contributed by atoms with E-state index >= 15 is 0 Å². The van der Waals surface area contributed by atoms with Gasteiger partial charge in [-0.3, -0.25) is 0 Å². The summed E-state index contributed by atoms with van der Waals surface area (Å²) in [6.07, 6.45) is -7.91. The third-order valence-electron chi connectivity index (χ3n) is 5.12. The summed E-state index contributed by atoms with van der Waals surface area (Å²) in [5.74, 6) is -5.46. The molecule has 10 heteroatoms. The number of rotatable bonds is 8. The minimum Gasteiger partial charge on any atom is -0.422 e. The topological polar surface area (TPSA) is 27.7 Å². The fraction of sp³-hybridized carbons (Fsp3) is 0.455. The molecule has 0 unspecified atom stereocenters. The number of aryl methyl sites for hydroxylation is 1. The zero-order valence-corrected chi connectivity index (χ0v) is 17.0. The molecule has 0 radical (unpaired) electrons. The van der Waals surface area contributed by atoms with Crippen molar-refractivity contribution in [2.45, 2.75) is 45.0 Å². The van der Waals surface area contributed by atoms with E-state index in [1.165, 1.54) is 12.1 Å². The van der Waals surface area contributed by atoms with E-state index in [-0.39, 0.29) is 11.1 Å². The van der Waals surface area contributed by atoms with Crippen LogP contribution in [0.1, 0.15) is 25.3 Å². The number of alkyl halides is 4. The first-order valence-electron chi connectivity index (χ1n) is 9.96. The molecule has 3 rings (SSSR count). The Balaban J connectivity index is 1.70. The van der Waals surface area contributed by atoms with Gasteiger partial charge in [-0.1, -0.05) is 19.1 Å². The molecule has 0 aliphatic carbocycles. The van der Waals surface area contributed by atoms with Gasteiger partial charge in [0.15, 0.2) is 23.7 Å². The molecule has 0 N–H and O–H groups in total. The molecule has 1 heterocycles. The fourth-order valence-corrected chi connectivity index (χ4v) is 3.21. The van der Waals surface area contributed by atoms with Crippen LogP contribution in [0, 0.1) is 23.4 Å². The second kappa shape index (κ2) is 10.1. The molecule has 3 nitrogen and oxygen atoms in total. The summed E-state index contributed by atoms with van der Waals surface area (Å²) in [4.78, 5) is 0. The summed E-state index contributed by atoms with van der Waals surface area (Å²) in [5.41, 5.74) is 0.0875. The first-order valence-corrected chi connectivity index (χ1v) is 9.96. The Kier molecular flexibility index (Phi) is 7.66. The first-order chi connectivity index (χ1) is 15.1. The normalized spacial score (nSPS) is 19.4. The van der Waals surface area contributed by atoms with Gasteiger partial charge in [0.25, 0.3) is 0 Å². The van der Waals surface area contributed by atoms with Gasteiger partial charge in [-0.25, -0.2) is 13.2 Å². The summed E-state index contributed by atoms with van der Waals surface area (Å²) in [6, 6.07) is 5.07. The molecule has 0 amide bonds. The molecule has 0 saturated carbocycles. The molecule has 0 atom stereocenters. The van der Waals surface area contributed by atoms with Gasteiger partial charge in [0.1, 0.15) is 5.82 Å². The van der Waals surface area contributed by atoms with E-state index in [9.17, 15) is 30.7 Å². The van der Waals surface area contributed by atoms with Gasteiger partial charge in [-0.2, -0.15) is 17.6 Å². The van der Waals surface area contributed by atoms with Gasteiger partial charge in [0.05, 0.1) is 13.2 Å². The third kappa shape index (κ3) is 5.72. The van der Waals surface area contributed by atoms with Crippen LogP contribution in [-0.4, -0.2) is 32.0 Å². The van der Waals surface area contributed by atoms with Crippen molar-refractivity contribution in [3.8, 4) is 16.9 Å². The predicted molar refractivity (Wildman–Crippen MR) is 101 cm³/mol. The van der Waals surface area contributed by atoms with E-state index in [0.29, 0.717) is 49.7 Å². The van der Waals surface area contributed by atoms with Gasteiger partial charge in [-0.05, 0) is 42.2 Å². The maximum atomic E-state index is 14.6. The van der Waals surface area contributed by atoms with Crippen LogP contribution in [0.2, 0.25) is 0 Å². The highest BCUT2D eigenvalue weighted by Crippen LogP contribution is 2.35. The quantitative estimate of drug-likeness (QED) is 0.425. The highest BCUT2D eigenvalue weighted by molar-refractivity contribution is 5.65. The molecule has 1 fully saturated rings.